The lowest BCUT2D eigenvalue weighted by atomic mass is 9.98. The van der Waals surface area contributed by atoms with Crippen molar-refractivity contribution in [1.29, 1.82) is 0 Å². The van der Waals surface area contributed by atoms with E-state index in [9.17, 15) is 9.59 Å². The average molecular weight is 430 g/mol. The number of nitrogens with one attached hydrogen (secondary N) is 1. The third-order valence-corrected chi connectivity index (χ3v) is 5.51. The lowest BCUT2D eigenvalue weighted by molar-refractivity contribution is -0.116. The Hall–Kier alpha value is -3.74. The molecule has 0 spiro atoms. The average Bonchev–Trinajstić information content (AvgIpc) is 3.15. The number of carbonyl (C=O) groups excluding carboxylic acids is 1. The fourth-order valence-corrected chi connectivity index (χ4v) is 4.00. The number of aromatic nitrogens is 4. The minimum Gasteiger partial charge on any atom is -0.324 e. The maximum Gasteiger partial charge on any atom is 0.264 e. The predicted octanol–water partition coefficient (Wildman–Crippen LogP) is 4.27. The van der Waals surface area contributed by atoms with Crippen LogP contribution in [0.15, 0.2) is 53.7 Å². The molecule has 2 aromatic carbocycles. The molecule has 1 amide bonds. The molecule has 0 bridgehead atoms. The second-order valence-corrected chi connectivity index (χ2v) is 8.56. The van der Waals surface area contributed by atoms with E-state index in [4.69, 9.17) is 0 Å². The number of anilines is 1. The van der Waals surface area contributed by atoms with Gasteiger partial charge in [0, 0.05) is 5.69 Å². The Morgan fingerprint density at radius 3 is 2.50 bits per heavy atom. The molecular formula is C25H27N5O2. The van der Waals surface area contributed by atoms with Crippen LogP contribution in [0.1, 0.15) is 42.0 Å². The van der Waals surface area contributed by atoms with Gasteiger partial charge in [-0.05, 0) is 61.1 Å². The van der Waals surface area contributed by atoms with E-state index < -0.39 is 0 Å². The number of nitrogens with zero attached hydrogens (tertiary/aromatic N) is 4. The lowest BCUT2D eigenvalue weighted by Gasteiger charge is -2.16. The molecule has 4 aromatic rings. The van der Waals surface area contributed by atoms with Crippen molar-refractivity contribution < 1.29 is 4.79 Å². The van der Waals surface area contributed by atoms with Gasteiger partial charge in [0.2, 0.25) is 5.91 Å². The van der Waals surface area contributed by atoms with Crippen molar-refractivity contribution in [2.75, 3.05) is 5.32 Å². The summed E-state index contributed by atoms with van der Waals surface area (Å²) in [6.45, 7) is 10.0. The smallest absolute Gasteiger partial charge is 0.264 e. The Balaban J connectivity index is 1.64. The van der Waals surface area contributed by atoms with E-state index in [1.54, 1.807) is 4.68 Å². The van der Waals surface area contributed by atoms with Crippen molar-refractivity contribution in [3.8, 4) is 5.69 Å². The van der Waals surface area contributed by atoms with Crippen LogP contribution in [0.3, 0.4) is 0 Å². The molecule has 32 heavy (non-hydrogen) atoms. The SMILES string of the molecule is Cc1cc(C)cc(-n2ncc3c(=O)n(CC(=O)Nc4c(C)cccc4C(C)C)cnc32)c1. The molecule has 164 valence electrons. The maximum atomic E-state index is 13.0. The van der Waals surface area contributed by atoms with Gasteiger partial charge in [0.25, 0.3) is 5.56 Å². The first kappa shape index (κ1) is 21.5. The molecule has 4 rings (SSSR count). The van der Waals surface area contributed by atoms with Gasteiger partial charge in [-0.2, -0.15) is 5.10 Å². The number of benzene rings is 2. The second-order valence-electron chi connectivity index (χ2n) is 8.56. The number of hydrogen-bond donors (Lipinski definition) is 1. The van der Waals surface area contributed by atoms with Crippen LogP contribution in [0.25, 0.3) is 16.7 Å². The topological polar surface area (TPSA) is 81.8 Å². The molecule has 7 nitrogen and oxygen atoms in total. The molecule has 2 aromatic heterocycles. The van der Waals surface area contributed by atoms with Crippen LogP contribution in [0.4, 0.5) is 5.69 Å². The summed E-state index contributed by atoms with van der Waals surface area (Å²) in [6, 6.07) is 12.0. The number of amides is 1. The van der Waals surface area contributed by atoms with Gasteiger partial charge in [0.15, 0.2) is 5.65 Å². The van der Waals surface area contributed by atoms with E-state index in [0.29, 0.717) is 11.0 Å². The first-order valence-corrected chi connectivity index (χ1v) is 10.7. The molecule has 0 fully saturated rings. The summed E-state index contributed by atoms with van der Waals surface area (Å²) < 4.78 is 2.97. The molecule has 0 aliphatic heterocycles. The van der Waals surface area contributed by atoms with Crippen LogP contribution < -0.4 is 10.9 Å². The molecule has 0 atom stereocenters. The molecule has 0 unspecified atom stereocenters. The fraction of sp³-hybridized carbons (Fsp3) is 0.280. The van der Waals surface area contributed by atoms with Gasteiger partial charge in [0.05, 0.1) is 11.9 Å². The lowest BCUT2D eigenvalue weighted by Crippen LogP contribution is -2.28. The first-order valence-electron chi connectivity index (χ1n) is 10.7. The highest BCUT2D eigenvalue weighted by Gasteiger charge is 2.16. The van der Waals surface area contributed by atoms with Crippen LogP contribution >= 0.6 is 0 Å². The van der Waals surface area contributed by atoms with Gasteiger partial charge in [-0.25, -0.2) is 9.67 Å². The summed E-state index contributed by atoms with van der Waals surface area (Å²) in [7, 11) is 0. The zero-order valence-electron chi connectivity index (χ0n) is 19.0. The van der Waals surface area contributed by atoms with Crippen molar-refractivity contribution in [1.82, 2.24) is 19.3 Å². The van der Waals surface area contributed by atoms with Gasteiger partial charge in [-0.15, -0.1) is 0 Å². The quantitative estimate of drug-likeness (QED) is 0.514. The van der Waals surface area contributed by atoms with Crippen molar-refractivity contribution >= 4 is 22.6 Å². The van der Waals surface area contributed by atoms with E-state index in [2.05, 4.69) is 35.3 Å². The summed E-state index contributed by atoms with van der Waals surface area (Å²) in [5, 5.41) is 7.73. The molecule has 0 radical (unpaired) electrons. The van der Waals surface area contributed by atoms with Crippen LogP contribution in [0.5, 0.6) is 0 Å². The number of hydrogen-bond acceptors (Lipinski definition) is 4. The van der Waals surface area contributed by atoms with E-state index in [0.717, 1.165) is 33.6 Å². The number of para-hydroxylation sites is 1. The monoisotopic (exact) mass is 429 g/mol. The van der Waals surface area contributed by atoms with Crippen molar-refractivity contribution in [3.05, 3.63) is 81.5 Å². The highest BCUT2D eigenvalue weighted by atomic mass is 16.2. The minimum atomic E-state index is -0.297. The summed E-state index contributed by atoms with van der Waals surface area (Å²) in [6.07, 6.45) is 2.92. The summed E-state index contributed by atoms with van der Waals surface area (Å²) >= 11 is 0. The van der Waals surface area contributed by atoms with E-state index in [-0.39, 0.29) is 23.9 Å². The zero-order chi connectivity index (χ0) is 23.0. The first-order chi connectivity index (χ1) is 15.2. The highest BCUT2D eigenvalue weighted by Crippen LogP contribution is 2.27. The van der Waals surface area contributed by atoms with Crippen molar-refractivity contribution in [2.45, 2.75) is 47.1 Å². The van der Waals surface area contributed by atoms with Gasteiger partial charge < -0.3 is 5.32 Å². The number of rotatable bonds is 5. The Kier molecular flexibility index (Phi) is 5.65. The van der Waals surface area contributed by atoms with E-state index >= 15 is 0 Å². The minimum absolute atomic E-state index is 0.123. The zero-order valence-corrected chi connectivity index (χ0v) is 19.0. The molecule has 0 saturated heterocycles. The highest BCUT2D eigenvalue weighted by molar-refractivity contribution is 5.92. The summed E-state index contributed by atoms with van der Waals surface area (Å²) in [5.74, 6) is -0.00631. The third kappa shape index (κ3) is 4.06. The second kappa shape index (κ2) is 8.42. The Morgan fingerprint density at radius 1 is 1.09 bits per heavy atom. The Bertz CT molecular complexity index is 1360. The fourth-order valence-electron chi connectivity index (χ4n) is 4.00. The Labute approximate surface area is 186 Å². The molecular weight excluding hydrogens is 402 g/mol. The van der Waals surface area contributed by atoms with Crippen LogP contribution in [0, 0.1) is 20.8 Å². The number of fused-ring (bicyclic) bond motifs is 1. The third-order valence-electron chi connectivity index (χ3n) is 5.51. The predicted molar refractivity (Wildman–Crippen MR) is 126 cm³/mol. The van der Waals surface area contributed by atoms with Gasteiger partial charge >= 0.3 is 0 Å². The largest absolute Gasteiger partial charge is 0.324 e. The molecule has 0 aliphatic carbocycles. The number of aryl methyl sites for hydroxylation is 3. The molecule has 0 aliphatic rings. The van der Waals surface area contributed by atoms with E-state index in [1.807, 2.05) is 51.1 Å². The summed E-state index contributed by atoms with van der Waals surface area (Å²) in [5.41, 5.74) is 6.08. The Morgan fingerprint density at radius 2 is 1.81 bits per heavy atom. The standard InChI is InChI=1S/C25H27N5O2/c1-15(2)20-8-6-7-18(5)23(20)28-22(31)13-29-14-26-24-21(25(29)32)12-27-30(24)19-10-16(3)9-17(4)11-19/h6-12,14-15H,13H2,1-5H3,(H,28,31). The van der Waals surface area contributed by atoms with Gasteiger partial charge in [-0.1, -0.05) is 38.1 Å². The number of carbonyl (C=O) groups is 1. The van der Waals surface area contributed by atoms with Crippen LogP contribution in [-0.4, -0.2) is 25.2 Å². The van der Waals surface area contributed by atoms with Gasteiger partial charge in [0.1, 0.15) is 18.3 Å². The van der Waals surface area contributed by atoms with Crippen LogP contribution in [-0.2, 0) is 11.3 Å². The normalized spacial score (nSPS) is 11.3. The van der Waals surface area contributed by atoms with Crippen molar-refractivity contribution in [3.63, 3.8) is 0 Å². The van der Waals surface area contributed by atoms with Crippen molar-refractivity contribution in [2.24, 2.45) is 0 Å². The molecule has 1 N–H and O–H groups in total. The summed E-state index contributed by atoms with van der Waals surface area (Å²) in [4.78, 5) is 30.3. The molecule has 7 heteroatoms. The maximum absolute atomic E-state index is 13.0. The van der Waals surface area contributed by atoms with E-state index in [1.165, 1.54) is 17.1 Å². The molecule has 2 heterocycles. The van der Waals surface area contributed by atoms with Gasteiger partial charge in [-0.3, -0.25) is 14.2 Å². The molecule has 0 saturated carbocycles. The van der Waals surface area contributed by atoms with Crippen LogP contribution in [0.2, 0.25) is 0 Å².